The van der Waals surface area contributed by atoms with Gasteiger partial charge in [0, 0.05) is 6.20 Å². The van der Waals surface area contributed by atoms with Crippen LogP contribution in [0.25, 0.3) is 6.08 Å². The first-order valence-electron chi connectivity index (χ1n) is 4.72. The van der Waals surface area contributed by atoms with Gasteiger partial charge in [-0.1, -0.05) is 25.5 Å². The van der Waals surface area contributed by atoms with Crippen molar-refractivity contribution in [1.82, 2.24) is 4.98 Å². The van der Waals surface area contributed by atoms with Crippen LogP contribution in [0.4, 0.5) is 0 Å². The number of fused-ring (bicyclic) bond motifs is 1. The molecule has 1 nitrogen and oxygen atoms in total. The third-order valence-corrected chi connectivity index (χ3v) is 2.67. The molecule has 0 aliphatic heterocycles. The van der Waals surface area contributed by atoms with Crippen molar-refractivity contribution in [3.8, 4) is 0 Å². The van der Waals surface area contributed by atoms with Crippen molar-refractivity contribution in [2.75, 3.05) is 0 Å². The highest BCUT2D eigenvalue weighted by Gasteiger charge is 2.27. The number of rotatable bonds is 0. The molecule has 0 amide bonds. The molecule has 13 heavy (non-hydrogen) atoms. The Bertz CT molecular complexity index is 361. The maximum atomic E-state index is 4.39. The summed E-state index contributed by atoms with van der Waals surface area (Å²) >= 11 is 0. The molecule has 1 aromatic heterocycles. The zero-order chi connectivity index (χ0) is 9.47. The van der Waals surface area contributed by atoms with Crippen LogP contribution in [0.15, 0.2) is 23.9 Å². The molecule has 0 saturated heterocycles. The highest BCUT2D eigenvalue weighted by molar-refractivity contribution is 5.58. The first-order valence-corrected chi connectivity index (χ1v) is 4.72. The van der Waals surface area contributed by atoms with Gasteiger partial charge in [-0.25, -0.2) is 0 Å². The summed E-state index contributed by atoms with van der Waals surface area (Å²) in [5, 5.41) is 0. The second kappa shape index (κ2) is 2.69. The summed E-state index contributed by atoms with van der Waals surface area (Å²) in [6.07, 6.45) is 5.20. The van der Waals surface area contributed by atoms with Gasteiger partial charge < -0.3 is 0 Å². The minimum atomic E-state index is 0.252. The molecule has 0 spiro atoms. The van der Waals surface area contributed by atoms with E-state index in [2.05, 4.69) is 37.9 Å². The van der Waals surface area contributed by atoms with Crippen molar-refractivity contribution >= 4 is 6.08 Å². The second-order valence-corrected chi connectivity index (χ2v) is 4.49. The van der Waals surface area contributed by atoms with Crippen LogP contribution >= 0.6 is 0 Å². The molecule has 0 saturated carbocycles. The highest BCUT2D eigenvalue weighted by Crippen LogP contribution is 2.36. The van der Waals surface area contributed by atoms with E-state index in [-0.39, 0.29) is 5.41 Å². The van der Waals surface area contributed by atoms with Crippen molar-refractivity contribution in [1.29, 1.82) is 0 Å². The quantitative estimate of drug-likeness (QED) is 0.587. The van der Waals surface area contributed by atoms with E-state index in [0.717, 1.165) is 12.1 Å². The van der Waals surface area contributed by atoms with Gasteiger partial charge in [0.15, 0.2) is 0 Å². The average Bonchev–Trinajstić information content (AvgIpc) is 2.02. The molecule has 2 rings (SSSR count). The van der Waals surface area contributed by atoms with Crippen LogP contribution in [0, 0.1) is 0 Å². The van der Waals surface area contributed by atoms with E-state index in [4.69, 9.17) is 0 Å². The Labute approximate surface area is 79.5 Å². The van der Waals surface area contributed by atoms with E-state index in [0.29, 0.717) is 0 Å². The lowest BCUT2D eigenvalue weighted by molar-refractivity contribution is 0.511. The third kappa shape index (κ3) is 1.39. The van der Waals surface area contributed by atoms with E-state index in [1.165, 1.54) is 11.1 Å². The van der Waals surface area contributed by atoms with E-state index in [9.17, 15) is 0 Å². The van der Waals surface area contributed by atoms with E-state index in [1.54, 1.807) is 0 Å². The maximum Gasteiger partial charge on any atom is 0.0666 e. The molecule has 0 fully saturated rings. The zero-order valence-electron chi connectivity index (χ0n) is 8.46. The minimum Gasteiger partial charge on any atom is -0.257 e. The number of aromatic nitrogens is 1. The summed E-state index contributed by atoms with van der Waals surface area (Å²) in [4.78, 5) is 4.39. The predicted molar refractivity (Wildman–Crippen MR) is 55.5 cm³/mol. The fraction of sp³-hybridized carbons (Fsp3) is 0.417. The molecule has 1 aliphatic carbocycles. The number of nitrogens with zero attached hydrogens (tertiary/aromatic N) is 1. The molecular formula is C12H15N. The lowest BCUT2D eigenvalue weighted by Gasteiger charge is -2.30. The van der Waals surface area contributed by atoms with E-state index in [1.807, 2.05) is 12.3 Å². The van der Waals surface area contributed by atoms with Gasteiger partial charge in [0.25, 0.3) is 0 Å². The van der Waals surface area contributed by atoms with Gasteiger partial charge in [-0.15, -0.1) is 0 Å². The summed E-state index contributed by atoms with van der Waals surface area (Å²) in [5.41, 5.74) is 4.20. The molecule has 0 radical (unpaired) electrons. The summed E-state index contributed by atoms with van der Waals surface area (Å²) in [6.45, 7) is 6.74. The molecule has 1 heterocycles. The van der Waals surface area contributed by atoms with Gasteiger partial charge in [0.1, 0.15) is 0 Å². The Hall–Kier alpha value is -1.11. The van der Waals surface area contributed by atoms with E-state index < -0.39 is 0 Å². The molecule has 0 N–H and O–H groups in total. The maximum absolute atomic E-state index is 4.39. The van der Waals surface area contributed by atoms with Crippen molar-refractivity contribution < 1.29 is 0 Å². The highest BCUT2D eigenvalue weighted by atomic mass is 14.7. The molecule has 1 aliphatic rings. The van der Waals surface area contributed by atoms with Crippen LogP contribution in [0.5, 0.6) is 0 Å². The predicted octanol–water partition coefficient (Wildman–Crippen LogP) is 3.17. The summed E-state index contributed by atoms with van der Waals surface area (Å²) < 4.78 is 0. The van der Waals surface area contributed by atoms with Crippen molar-refractivity contribution in [3.63, 3.8) is 0 Å². The molecular weight excluding hydrogens is 158 g/mol. The lowest BCUT2D eigenvalue weighted by atomic mass is 9.75. The Morgan fingerprint density at radius 1 is 1.38 bits per heavy atom. The standard InChI is InChI=1S/C12H15N/c1-9-7-11-10(5-4-6-13-11)12(2,3)8-9/h4-7H,8H2,1-3H3. The third-order valence-electron chi connectivity index (χ3n) is 2.67. The van der Waals surface area contributed by atoms with Crippen LogP contribution in [-0.4, -0.2) is 4.98 Å². The van der Waals surface area contributed by atoms with Crippen LogP contribution in [0.3, 0.4) is 0 Å². The molecule has 0 aromatic carbocycles. The van der Waals surface area contributed by atoms with Gasteiger partial charge >= 0.3 is 0 Å². The van der Waals surface area contributed by atoms with Gasteiger partial charge in [-0.2, -0.15) is 0 Å². The average molecular weight is 173 g/mol. The molecule has 1 heteroatoms. The summed E-state index contributed by atoms with van der Waals surface area (Å²) in [7, 11) is 0. The molecule has 68 valence electrons. The van der Waals surface area contributed by atoms with Gasteiger partial charge in [0.05, 0.1) is 5.69 Å². The Morgan fingerprint density at radius 3 is 2.92 bits per heavy atom. The van der Waals surface area contributed by atoms with Crippen LogP contribution < -0.4 is 0 Å². The lowest BCUT2D eigenvalue weighted by Crippen LogP contribution is -2.22. The Balaban J connectivity index is 2.62. The fourth-order valence-electron chi connectivity index (χ4n) is 2.18. The number of pyridine rings is 1. The largest absolute Gasteiger partial charge is 0.257 e. The number of allylic oxidation sites excluding steroid dienone is 1. The second-order valence-electron chi connectivity index (χ2n) is 4.49. The van der Waals surface area contributed by atoms with Gasteiger partial charge in [0.2, 0.25) is 0 Å². The van der Waals surface area contributed by atoms with Crippen LogP contribution in [0.1, 0.15) is 38.4 Å². The molecule has 0 bridgehead atoms. The number of hydrogen-bond acceptors (Lipinski definition) is 1. The summed E-state index contributed by atoms with van der Waals surface area (Å²) in [5.74, 6) is 0. The molecule has 0 atom stereocenters. The summed E-state index contributed by atoms with van der Waals surface area (Å²) in [6, 6.07) is 4.21. The van der Waals surface area contributed by atoms with E-state index >= 15 is 0 Å². The minimum absolute atomic E-state index is 0.252. The van der Waals surface area contributed by atoms with Crippen molar-refractivity contribution in [3.05, 3.63) is 35.2 Å². The first kappa shape index (κ1) is 8.49. The van der Waals surface area contributed by atoms with Crippen LogP contribution in [-0.2, 0) is 5.41 Å². The van der Waals surface area contributed by atoms with Crippen LogP contribution in [0.2, 0.25) is 0 Å². The monoisotopic (exact) mass is 173 g/mol. The fourth-order valence-corrected chi connectivity index (χ4v) is 2.18. The Kier molecular flexibility index (Phi) is 1.76. The SMILES string of the molecule is CC1=Cc2ncccc2C(C)(C)C1. The normalized spacial score (nSPS) is 19.2. The van der Waals surface area contributed by atoms with Gasteiger partial charge in [-0.3, -0.25) is 4.98 Å². The zero-order valence-corrected chi connectivity index (χ0v) is 8.46. The smallest absolute Gasteiger partial charge is 0.0666 e. The van der Waals surface area contributed by atoms with Crippen molar-refractivity contribution in [2.45, 2.75) is 32.6 Å². The Morgan fingerprint density at radius 2 is 2.15 bits per heavy atom. The first-order chi connectivity index (χ1) is 6.09. The topological polar surface area (TPSA) is 12.9 Å². The molecule has 1 aromatic rings. The molecule has 0 unspecified atom stereocenters. The van der Waals surface area contributed by atoms with Gasteiger partial charge in [-0.05, 0) is 36.5 Å². The van der Waals surface area contributed by atoms with Crippen molar-refractivity contribution in [2.24, 2.45) is 0 Å². The number of hydrogen-bond donors (Lipinski definition) is 0.